The Morgan fingerprint density at radius 2 is 2.19 bits per heavy atom. The minimum Gasteiger partial charge on any atom is -0.493 e. The van der Waals surface area contributed by atoms with E-state index < -0.39 is 6.10 Å². The average molecular weight is 290 g/mol. The van der Waals surface area contributed by atoms with Gasteiger partial charge in [0.05, 0.1) is 13.2 Å². The van der Waals surface area contributed by atoms with E-state index in [2.05, 4.69) is 10.1 Å². The number of methoxy groups -OCH3 is 1. The van der Waals surface area contributed by atoms with Gasteiger partial charge in [-0.15, -0.1) is 0 Å². The minimum atomic E-state index is -0.551. The van der Waals surface area contributed by atoms with Crippen molar-refractivity contribution in [3.05, 3.63) is 35.5 Å². The van der Waals surface area contributed by atoms with Crippen molar-refractivity contribution >= 4 is 0 Å². The van der Waals surface area contributed by atoms with Crippen LogP contribution in [0.15, 0.2) is 22.7 Å². The monoisotopic (exact) mass is 290 g/mol. The number of ether oxygens (including phenoxy) is 2. The molecule has 1 aliphatic rings. The van der Waals surface area contributed by atoms with Crippen LogP contribution >= 0.6 is 0 Å². The van der Waals surface area contributed by atoms with Crippen LogP contribution in [0.2, 0.25) is 0 Å². The predicted molar refractivity (Wildman–Crippen MR) is 74.2 cm³/mol. The number of hydrogen-bond acceptors (Lipinski definition) is 6. The van der Waals surface area contributed by atoms with Gasteiger partial charge in [-0.1, -0.05) is 11.2 Å². The number of aliphatic hydroxyl groups excluding tert-OH is 1. The zero-order chi connectivity index (χ0) is 14.8. The standard InChI is InChI=1S/C15H18N2O4/c1-9(18)11-5-6-12(13(7-11)19-2)20-8-14-16-15(17-21-14)10-3-4-10/h5-7,9-10,18H,3-4,8H2,1-2H3. The average Bonchev–Trinajstić information content (AvgIpc) is 3.24. The molecule has 2 aromatic rings. The van der Waals surface area contributed by atoms with Gasteiger partial charge in [-0.2, -0.15) is 4.98 Å². The van der Waals surface area contributed by atoms with Crippen LogP contribution in [0.4, 0.5) is 0 Å². The van der Waals surface area contributed by atoms with Crippen molar-refractivity contribution in [3.63, 3.8) is 0 Å². The van der Waals surface area contributed by atoms with Crippen molar-refractivity contribution in [2.24, 2.45) is 0 Å². The Bertz CT molecular complexity index is 620. The third-order valence-corrected chi connectivity index (χ3v) is 3.45. The topological polar surface area (TPSA) is 77.6 Å². The molecule has 0 aliphatic heterocycles. The molecule has 1 aromatic carbocycles. The summed E-state index contributed by atoms with van der Waals surface area (Å²) in [6, 6.07) is 5.31. The van der Waals surface area contributed by atoms with Crippen LogP contribution in [0, 0.1) is 0 Å². The van der Waals surface area contributed by atoms with Gasteiger partial charge in [-0.25, -0.2) is 0 Å². The molecule has 1 fully saturated rings. The van der Waals surface area contributed by atoms with Crippen molar-refractivity contribution in [1.29, 1.82) is 0 Å². The lowest BCUT2D eigenvalue weighted by Crippen LogP contribution is -2.00. The summed E-state index contributed by atoms with van der Waals surface area (Å²) < 4.78 is 16.1. The van der Waals surface area contributed by atoms with E-state index in [0.29, 0.717) is 23.3 Å². The highest BCUT2D eigenvalue weighted by Gasteiger charge is 2.28. The smallest absolute Gasteiger partial charge is 0.264 e. The summed E-state index contributed by atoms with van der Waals surface area (Å²) >= 11 is 0. The molecular formula is C15H18N2O4. The van der Waals surface area contributed by atoms with E-state index in [1.54, 1.807) is 32.2 Å². The molecule has 0 saturated heterocycles. The van der Waals surface area contributed by atoms with Gasteiger partial charge in [0.15, 0.2) is 23.9 Å². The Morgan fingerprint density at radius 1 is 1.38 bits per heavy atom. The molecule has 0 amide bonds. The fraction of sp³-hybridized carbons (Fsp3) is 0.467. The zero-order valence-electron chi connectivity index (χ0n) is 12.1. The maximum absolute atomic E-state index is 9.57. The maximum Gasteiger partial charge on any atom is 0.264 e. The highest BCUT2D eigenvalue weighted by Crippen LogP contribution is 2.38. The summed E-state index contributed by atoms with van der Waals surface area (Å²) in [6.45, 7) is 1.90. The van der Waals surface area contributed by atoms with Crippen molar-refractivity contribution < 1.29 is 19.1 Å². The Morgan fingerprint density at radius 3 is 2.86 bits per heavy atom. The molecule has 6 nitrogen and oxygen atoms in total. The second kappa shape index (κ2) is 5.73. The van der Waals surface area contributed by atoms with Crippen LogP contribution in [0.5, 0.6) is 11.5 Å². The Hall–Kier alpha value is -2.08. The second-order valence-corrected chi connectivity index (χ2v) is 5.20. The quantitative estimate of drug-likeness (QED) is 0.881. The van der Waals surface area contributed by atoms with Crippen molar-refractivity contribution in [1.82, 2.24) is 10.1 Å². The SMILES string of the molecule is COc1cc(C(C)O)ccc1OCc1nc(C2CC2)no1. The van der Waals surface area contributed by atoms with Crippen LogP contribution in [0.3, 0.4) is 0 Å². The van der Waals surface area contributed by atoms with Gasteiger partial charge in [0.25, 0.3) is 5.89 Å². The van der Waals surface area contributed by atoms with Gasteiger partial charge in [0.2, 0.25) is 0 Å². The van der Waals surface area contributed by atoms with Gasteiger partial charge >= 0.3 is 0 Å². The Kier molecular flexibility index (Phi) is 3.79. The molecule has 0 bridgehead atoms. The molecule has 1 saturated carbocycles. The van der Waals surface area contributed by atoms with Crippen molar-refractivity contribution in [2.75, 3.05) is 7.11 Å². The molecule has 1 N–H and O–H groups in total. The minimum absolute atomic E-state index is 0.199. The lowest BCUT2D eigenvalue weighted by molar-refractivity contribution is 0.198. The van der Waals surface area contributed by atoms with Gasteiger partial charge in [0.1, 0.15) is 0 Å². The molecule has 1 atom stereocenters. The third kappa shape index (κ3) is 3.16. The molecule has 112 valence electrons. The van der Waals surface area contributed by atoms with Crippen LogP contribution in [0.25, 0.3) is 0 Å². The number of aliphatic hydroxyl groups is 1. The highest BCUT2D eigenvalue weighted by molar-refractivity contribution is 5.43. The van der Waals surface area contributed by atoms with E-state index in [0.717, 1.165) is 24.2 Å². The molecule has 21 heavy (non-hydrogen) atoms. The van der Waals surface area contributed by atoms with E-state index in [9.17, 15) is 5.11 Å². The fourth-order valence-electron chi connectivity index (χ4n) is 2.04. The first-order chi connectivity index (χ1) is 10.2. The summed E-state index contributed by atoms with van der Waals surface area (Å²) in [5, 5.41) is 13.5. The van der Waals surface area contributed by atoms with E-state index in [-0.39, 0.29) is 6.61 Å². The molecule has 1 unspecified atom stereocenters. The lowest BCUT2D eigenvalue weighted by atomic mass is 10.1. The van der Waals surface area contributed by atoms with Crippen LogP contribution in [-0.2, 0) is 6.61 Å². The molecule has 1 heterocycles. The molecule has 1 aromatic heterocycles. The van der Waals surface area contributed by atoms with Crippen LogP contribution in [0.1, 0.15) is 49.1 Å². The Balaban J connectivity index is 1.68. The first kappa shape index (κ1) is 13.9. The van der Waals surface area contributed by atoms with Crippen molar-refractivity contribution in [2.45, 2.75) is 38.4 Å². The van der Waals surface area contributed by atoms with Gasteiger partial charge in [-0.3, -0.25) is 0 Å². The first-order valence-corrected chi connectivity index (χ1v) is 6.98. The van der Waals surface area contributed by atoms with E-state index in [4.69, 9.17) is 14.0 Å². The maximum atomic E-state index is 9.57. The van der Waals surface area contributed by atoms with Crippen molar-refractivity contribution in [3.8, 4) is 11.5 Å². The summed E-state index contributed by atoms with van der Waals surface area (Å²) in [6.07, 6.45) is 1.72. The number of nitrogens with zero attached hydrogens (tertiary/aromatic N) is 2. The van der Waals surface area contributed by atoms with Gasteiger partial charge < -0.3 is 19.1 Å². The molecule has 0 radical (unpaired) electrons. The number of benzene rings is 1. The fourth-order valence-corrected chi connectivity index (χ4v) is 2.04. The van der Waals surface area contributed by atoms with Crippen LogP contribution < -0.4 is 9.47 Å². The molecule has 6 heteroatoms. The number of aromatic nitrogens is 2. The van der Waals surface area contributed by atoms with E-state index in [1.165, 1.54) is 0 Å². The number of rotatable bonds is 6. The molecule has 1 aliphatic carbocycles. The van der Waals surface area contributed by atoms with Gasteiger partial charge in [0, 0.05) is 5.92 Å². The van der Waals surface area contributed by atoms with Gasteiger partial charge in [-0.05, 0) is 37.5 Å². The Labute approximate surface area is 122 Å². The zero-order valence-corrected chi connectivity index (χ0v) is 12.1. The first-order valence-electron chi connectivity index (χ1n) is 6.98. The summed E-state index contributed by atoms with van der Waals surface area (Å²) in [5.41, 5.74) is 0.771. The summed E-state index contributed by atoms with van der Waals surface area (Å²) in [5.74, 6) is 2.83. The van der Waals surface area contributed by atoms with E-state index in [1.807, 2.05) is 0 Å². The number of hydrogen-bond donors (Lipinski definition) is 1. The normalized spacial score (nSPS) is 15.8. The summed E-state index contributed by atoms with van der Waals surface area (Å²) in [4.78, 5) is 4.31. The molecule has 0 spiro atoms. The molecule has 3 rings (SSSR count). The summed E-state index contributed by atoms with van der Waals surface area (Å²) in [7, 11) is 1.56. The second-order valence-electron chi connectivity index (χ2n) is 5.20. The lowest BCUT2D eigenvalue weighted by Gasteiger charge is -2.12. The largest absolute Gasteiger partial charge is 0.493 e. The molecular weight excluding hydrogens is 272 g/mol. The predicted octanol–water partition coefficient (Wildman–Crippen LogP) is 2.59. The van der Waals surface area contributed by atoms with E-state index >= 15 is 0 Å². The third-order valence-electron chi connectivity index (χ3n) is 3.45. The highest BCUT2D eigenvalue weighted by atomic mass is 16.5. The van der Waals surface area contributed by atoms with Crippen LogP contribution in [-0.4, -0.2) is 22.4 Å².